The van der Waals surface area contributed by atoms with Gasteiger partial charge in [-0.05, 0) is 13.0 Å². The lowest BCUT2D eigenvalue weighted by molar-refractivity contribution is 0.173. The highest BCUT2D eigenvalue weighted by Gasteiger charge is 2.17. The van der Waals surface area contributed by atoms with Crippen LogP contribution >= 0.6 is 0 Å². The molecule has 70 valence electrons. The lowest BCUT2D eigenvalue weighted by Crippen LogP contribution is -1.98. The predicted octanol–water partition coefficient (Wildman–Crippen LogP) is 1.05. The molecule has 1 aromatic carbocycles. The lowest BCUT2D eigenvalue weighted by atomic mass is 10.1. The number of fused-ring (bicyclic) bond motifs is 1. The van der Waals surface area contributed by atoms with Crippen LogP contribution in [0, 0.1) is 0 Å². The number of aliphatic hydroxyl groups is 1. The molecule has 1 aliphatic rings. The van der Waals surface area contributed by atoms with Gasteiger partial charge in [0.15, 0.2) is 11.5 Å². The van der Waals surface area contributed by atoms with E-state index in [2.05, 4.69) is 0 Å². The molecular formula is C9H11NO3. The summed E-state index contributed by atoms with van der Waals surface area (Å²) >= 11 is 0. The summed E-state index contributed by atoms with van der Waals surface area (Å²) in [6.07, 6.45) is -0.588. The van der Waals surface area contributed by atoms with E-state index in [9.17, 15) is 5.11 Å². The number of nitrogen functional groups attached to an aromatic ring is 1. The number of rotatable bonds is 1. The molecule has 0 amide bonds. The molecule has 0 bridgehead atoms. The molecular weight excluding hydrogens is 170 g/mol. The van der Waals surface area contributed by atoms with E-state index in [-0.39, 0.29) is 6.79 Å². The van der Waals surface area contributed by atoms with Gasteiger partial charge in [-0.1, -0.05) is 0 Å². The van der Waals surface area contributed by atoms with Gasteiger partial charge in [0.25, 0.3) is 0 Å². The molecule has 1 aromatic rings. The Balaban J connectivity index is 2.49. The summed E-state index contributed by atoms with van der Waals surface area (Å²) in [6, 6.07) is 3.38. The highest BCUT2D eigenvalue weighted by Crippen LogP contribution is 2.37. The average Bonchev–Trinajstić information content (AvgIpc) is 2.48. The lowest BCUT2D eigenvalue weighted by Gasteiger charge is -2.09. The van der Waals surface area contributed by atoms with Gasteiger partial charge < -0.3 is 20.3 Å². The molecule has 0 aliphatic carbocycles. The van der Waals surface area contributed by atoms with Gasteiger partial charge in [0.05, 0.1) is 6.10 Å². The Bertz CT molecular complexity index is 336. The maximum atomic E-state index is 9.36. The van der Waals surface area contributed by atoms with Crippen molar-refractivity contribution in [3.8, 4) is 11.5 Å². The molecule has 3 N–H and O–H groups in total. The molecule has 4 heteroatoms. The van der Waals surface area contributed by atoms with Crippen LogP contribution in [-0.2, 0) is 0 Å². The van der Waals surface area contributed by atoms with Crippen LogP contribution in [0.4, 0.5) is 5.69 Å². The zero-order valence-electron chi connectivity index (χ0n) is 7.28. The summed E-state index contributed by atoms with van der Waals surface area (Å²) in [5.41, 5.74) is 6.90. The van der Waals surface area contributed by atoms with E-state index in [4.69, 9.17) is 15.2 Å². The number of anilines is 1. The normalized spacial score (nSPS) is 15.8. The van der Waals surface area contributed by atoms with Gasteiger partial charge in [-0.2, -0.15) is 0 Å². The topological polar surface area (TPSA) is 64.7 Å². The summed E-state index contributed by atoms with van der Waals surface area (Å²) in [5.74, 6) is 1.28. The molecule has 1 heterocycles. The second kappa shape index (κ2) is 2.81. The first-order valence-corrected chi connectivity index (χ1v) is 4.05. The van der Waals surface area contributed by atoms with Gasteiger partial charge in [0, 0.05) is 17.3 Å². The van der Waals surface area contributed by atoms with Crippen LogP contribution in [0.1, 0.15) is 18.6 Å². The van der Waals surface area contributed by atoms with Crippen LogP contribution in [0.3, 0.4) is 0 Å². The largest absolute Gasteiger partial charge is 0.454 e. The monoisotopic (exact) mass is 181 g/mol. The Labute approximate surface area is 75.9 Å². The molecule has 0 spiro atoms. The number of benzene rings is 1. The number of ether oxygens (including phenoxy) is 2. The van der Waals surface area contributed by atoms with E-state index in [0.29, 0.717) is 22.7 Å². The van der Waals surface area contributed by atoms with Crippen LogP contribution in [0.15, 0.2) is 12.1 Å². The smallest absolute Gasteiger partial charge is 0.231 e. The number of aliphatic hydroxyl groups excluding tert-OH is 1. The van der Waals surface area contributed by atoms with E-state index >= 15 is 0 Å². The summed E-state index contributed by atoms with van der Waals surface area (Å²) < 4.78 is 10.3. The molecule has 2 rings (SSSR count). The van der Waals surface area contributed by atoms with Crippen molar-refractivity contribution in [2.75, 3.05) is 12.5 Å². The Morgan fingerprint density at radius 3 is 2.62 bits per heavy atom. The van der Waals surface area contributed by atoms with Crippen molar-refractivity contribution in [3.05, 3.63) is 17.7 Å². The summed E-state index contributed by atoms with van der Waals surface area (Å²) in [5, 5.41) is 9.36. The Hall–Kier alpha value is -1.42. The predicted molar refractivity (Wildman–Crippen MR) is 47.6 cm³/mol. The number of nitrogens with two attached hydrogens (primary N) is 1. The highest BCUT2D eigenvalue weighted by molar-refractivity contribution is 5.59. The van der Waals surface area contributed by atoms with E-state index in [1.54, 1.807) is 19.1 Å². The van der Waals surface area contributed by atoms with Gasteiger partial charge in [-0.15, -0.1) is 0 Å². The minimum absolute atomic E-state index is 0.220. The van der Waals surface area contributed by atoms with Gasteiger partial charge in [-0.3, -0.25) is 0 Å². The van der Waals surface area contributed by atoms with Gasteiger partial charge in [-0.25, -0.2) is 0 Å². The van der Waals surface area contributed by atoms with Crippen molar-refractivity contribution in [2.45, 2.75) is 13.0 Å². The second-order valence-corrected chi connectivity index (χ2v) is 3.01. The molecule has 0 radical (unpaired) electrons. The molecule has 1 unspecified atom stereocenters. The van der Waals surface area contributed by atoms with Gasteiger partial charge >= 0.3 is 0 Å². The van der Waals surface area contributed by atoms with Crippen molar-refractivity contribution in [2.24, 2.45) is 0 Å². The third kappa shape index (κ3) is 1.29. The molecule has 0 fully saturated rings. The van der Waals surface area contributed by atoms with E-state index in [0.717, 1.165) is 0 Å². The molecule has 0 aromatic heterocycles. The summed E-state index contributed by atoms with van der Waals surface area (Å²) in [7, 11) is 0. The third-order valence-electron chi connectivity index (χ3n) is 2.03. The number of hydrogen-bond acceptors (Lipinski definition) is 4. The zero-order chi connectivity index (χ0) is 9.42. The SMILES string of the molecule is CC(O)c1cc2c(cc1N)OCO2. The fourth-order valence-corrected chi connectivity index (χ4v) is 1.34. The van der Waals surface area contributed by atoms with E-state index < -0.39 is 6.10 Å². The maximum Gasteiger partial charge on any atom is 0.231 e. The first-order valence-electron chi connectivity index (χ1n) is 4.05. The second-order valence-electron chi connectivity index (χ2n) is 3.01. The Morgan fingerprint density at radius 1 is 1.38 bits per heavy atom. The van der Waals surface area contributed by atoms with Crippen LogP contribution in [0.25, 0.3) is 0 Å². The van der Waals surface area contributed by atoms with Crippen molar-refractivity contribution in [1.29, 1.82) is 0 Å². The fraction of sp³-hybridized carbons (Fsp3) is 0.333. The van der Waals surface area contributed by atoms with Crippen molar-refractivity contribution < 1.29 is 14.6 Å². The molecule has 0 saturated heterocycles. The first-order chi connectivity index (χ1) is 6.18. The molecule has 1 atom stereocenters. The van der Waals surface area contributed by atoms with Crippen LogP contribution in [-0.4, -0.2) is 11.9 Å². The minimum Gasteiger partial charge on any atom is -0.454 e. The van der Waals surface area contributed by atoms with Crippen molar-refractivity contribution in [1.82, 2.24) is 0 Å². The van der Waals surface area contributed by atoms with Gasteiger partial charge in [0.2, 0.25) is 6.79 Å². The highest BCUT2D eigenvalue weighted by atomic mass is 16.7. The Kier molecular flexibility index (Phi) is 1.77. The maximum absolute atomic E-state index is 9.36. The standard InChI is InChI=1S/C9H11NO3/c1-5(11)6-2-8-9(3-7(6)10)13-4-12-8/h2-3,5,11H,4,10H2,1H3. The molecule has 4 nitrogen and oxygen atoms in total. The molecule has 0 saturated carbocycles. The van der Waals surface area contributed by atoms with Crippen LogP contribution in [0.5, 0.6) is 11.5 Å². The number of hydrogen-bond donors (Lipinski definition) is 2. The first kappa shape index (κ1) is 8.19. The van der Waals surface area contributed by atoms with Crippen molar-refractivity contribution in [3.63, 3.8) is 0 Å². The minimum atomic E-state index is -0.588. The van der Waals surface area contributed by atoms with Crippen molar-refractivity contribution >= 4 is 5.69 Å². The molecule has 13 heavy (non-hydrogen) atoms. The third-order valence-corrected chi connectivity index (χ3v) is 2.03. The summed E-state index contributed by atoms with van der Waals surface area (Å²) in [6.45, 7) is 1.88. The van der Waals surface area contributed by atoms with E-state index in [1.807, 2.05) is 0 Å². The zero-order valence-corrected chi connectivity index (χ0v) is 7.28. The van der Waals surface area contributed by atoms with Crippen LogP contribution in [0.2, 0.25) is 0 Å². The van der Waals surface area contributed by atoms with Crippen LogP contribution < -0.4 is 15.2 Å². The summed E-state index contributed by atoms with van der Waals surface area (Å²) in [4.78, 5) is 0. The molecule has 1 aliphatic heterocycles. The van der Waals surface area contributed by atoms with Gasteiger partial charge in [0.1, 0.15) is 0 Å². The average molecular weight is 181 g/mol. The quantitative estimate of drug-likeness (QED) is 0.635. The fourth-order valence-electron chi connectivity index (χ4n) is 1.34. The Morgan fingerprint density at radius 2 is 2.00 bits per heavy atom. The van der Waals surface area contributed by atoms with E-state index in [1.165, 1.54) is 0 Å².